The Kier molecular flexibility index (Phi) is 5.03. The van der Waals surface area contributed by atoms with Crippen LogP contribution in [-0.2, 0) is 23.0 Å². The molecule has 2 heterocycles. The van der Waals surface area contributed by atoms with Crippen LogP contribution in [0.25, 0.3) is 0 Å². The molecule has 0 saturated heterocycles. The molecule has 1 aromatic heterocycles. The molecule has 0 saturated carbocycles. The van der Waals surface area contributed by atoms with Crippen LogP contribution in [0.5, 0.6) is 0 Å². The Labute approximate surface area is 146 Å². The van der Waals surface area contributed by atoms with Crippen LogP contribution in [0.1, 0.15) is 34.1 Å². The lowest BCUT2D eigenvalue weighted by atomic mass is 10.1. The summed E-state index contributed by atoms with van der Waals surface area (Å²) in [4.78, 5) is 13.5. The van der Waals surface area contributed by atoms with Gasteiger partial charge in [0.05, 0.1) is 4.90 Å². The number of nitrogens with one attached hydrogen (secondary N) is 1. The highest BCUT2D eigenvalue weighted by Crippen LogP contribution is 2.28. The van der Waals surface area contributed by atoms with Crippen LogP contribution in [0.4, 0.5) is 0 Å². The summed E-state index contributed by atoms with van der Waals surface area (Å²) in [7, 11) is -3.60. The highest BCUT2D eigenvalue weighted by molar-refractivity contribution is 7.89. The lowest BCUT2D eigenvalue weighted by Crippen LogP contribution is -2.35. The van der Waals surface area contributed by atoms with E-state index < -0.39 is 10.0 Å². The van der Waals surface area contributed by atoms with Gasteiger partial charge in [-0.1, -0.05) is 13.0 Å². The molecule has 7 heteroatoms. The first-order chi connectivity index (χ1) is 11.5. The molecule has 0 radical (unpaired) electrons. The van der Waals surface area contributed by atoms with Crippen molar-refractivity contribution >= 4 is 27.3 Å². The van der Waals surface area contributed by atoms with Crippen LogP contribution in [-0.4, -0.2) is 31.7 Å². The summed E-state index contributed by atoms with van der Waals surface area (Å²) in [6, 6.07) is 8.25. The fourth-order valence-corrected chi connectivity index (χ4v) is 5.07. The summed E-state index contributed by atoms with van der Waals surface area (Å²) in [6.45, 7) is 3.41. The van der Waals surface area contributed by atoms with Crippen molar-refractivity contribution in [3.63, 3.8) is 0 Å². The maximum absolute atomic E-state index is 12.9. The van der Waals surface area contributed by atoms with E-state index in [2.05, 4.69) is 5.32 Å². The van der Waals surface area contributed by atoms with Gasteiger partial charge < -0.3 is 5.32 Å². The number of carbonyl (C=O) groups excluding carboxylic acids is 1. The molecule has 1 aliphatic rings. The van der Waals surface area contributed by atoms with E-state index in [1.54, 1.807) is 29.5 Å². The number of thiophene rings is 1. The van der Waals surface area contributed by atoms with E-state index in [0.29, 0.717) is 25.2 Å². The zero-order valence-corrected chi connectivity index (χ0v) is 15.1. The summed E-state index contributed by atoms with van der Waals surface area (Å²) in [5.41, 5.74) is 1.45. The highest BCUT2D eigenvalue weighted by Gasteiger charge is 2.29. The van der Waals surface area contributed by atoms with E-state index in [4.69, 9.17) is 0 Å². The van der Waals surface area contributed by atoms with Crippen molar-refractivity contribution in [1.29, 1.82) is 0 Å². The van der Waals surface area contributed by atoms with Gasteiger partial charge in [-0.25, -0.2) is 8.42 Å². The van der Waals surface area contributed by atoms with Crippen LogP contribution in [0, 0.1) is 0 Å². The Hall–Kier alpha value is -1.70. The molecule has 0 spiro atoms. The molecule has 128 valence electrons. The maximum atomic E-state index is 12.9. The first-order valence-electron chi connectivity index (χ1n) is 7.96. The minimum Gasteiger partial charge on any atom is -0.352 e. The molecule has 2 aromatic rings. The molecule has 24 heavy (non-hydrogen) atoms. The lowest BCUT2D eigenvalue weighted by molar-refractivity contribution is 0.0953. The van der Waals surface area contributed by atoms with Gasteiger partial charge in [0, 0.05) is 30.1 Å². The summed E-state index contributed by atoms with van der Waals surface area (Å²) in [6.07, 6.45) is 1.57. The third-order valence-corrected chi connectivity index (χ3v) is 6.91. The van der Waals surface area contributed by atoms with Gasteiger partial charge >= 0.3 is 0 Å². The molecule has 3 rings (SSSR count). The van der Waals surface area contributed by atoms with E-state index in [1.807, 2.05) is 18.4 Å². The van der Waals surface area contributed by atoms with Gasteiger partial charge in [-0.05, 0) is 48.1 Å². The molecule has 5 nitrogen and oxygen atoms in total. The zero-order chi connectivity index (χ0) is 17.2. The maximum Gasteiger partial charge on any atom is 0.251 e. The average Bonchev–Trinajstić information content (AvgIpc) is 3.07. The summed E-state index contributed by atoms with van der Waals surface area (Å²) in [5.74, 6) is -0.243. The number of carbonyl (C=O) groups is 1. The predicted molar refractivity (Wildman–Crippen MR) is 94.7 cm³/mol. The molecule has 1 aliphatic heterocycles. The van der Waals surface area contributed by atoms with E-state index in [1.165, 1.54) is 15.2 Å². The molecular formula is C17H20N2O3S2. The Morgan fingerprint density at radius 3 is 2.96 bits per heavy atom. The molecule has 0 bridgehead atoms. The molecule has 0 atom stereocenters. The monoisotopic (exact) mass is 364 g/mol. The largest absolute Gasteiger partial charge is 0.352 e. The van der Waals surface area contributed by atoms with Crippen molar-refractivity contribution < 1.29 is 13.2 Å². The average molecular weight is 364 g/mol. The number of fused-ring (bicyclic) bond motifs is 1. The Balaban J connectivity index is 1.84. The molecule has 1 N–H and O–H groups in total. The van der Waals surface area contributed by atoms with Gasteiger partial charge in [-0.3, -0.25) is 4.79 Å². The van der Waals surface area contributed by atoms with Crippen LogP contribution < -0.4 is 5.32 Å². The van der Waals surface area contributed by atoms with Crippen molar-refractivity contribution in [1.82, 2.24) is 9.62 Å². The van der Waals surface area contributed by atoms with Gasteiger partial charge in [0.1, 0.15) is 0 Å². The van der Waals surface area contributed by atoms with Crippen molar-refractivity contribution in [3.8, 4) is 0 Å². The molecule has 0 fully saturated rings. The van der Waals surface area contributed by atoms with Crippen molar-refractivity contribution in [2.45, 2.75) is 31.2 Å². The van der Waals surface area contributed by atoms with Gasteiger partial charge in [0.25, 0.3) is 5.91 Å². The smallest absolute Gasteiger partial charge is 0.251 e. The van der Waals surface area contributed by atoms with Gasteiger partial charge in [-0.15, -0.1) is 11.3 Å². The number of rotatable bonds is 5. The first-order valence-corrected chi connectivity index (χ1v) is 10.3. The fourth-order valence-electron chi connectivity index (χ4n) is 2.72. The van der Waals surface area contributed by atoms with Crippen LogP contribution >= 0.6 is 11.3 Å². The van der Waals surface area contributed by atoms with Crippen LogP contribution in [0.3, 0.4) is 0 Å². The minimum absolute atomic E-state index is 0.172. The number of sulfonamides is 1. The standard InChI is InChI=1S/C17H20N2O3S2/c1-2-8-18-17(20)13-4-3-5-15(11-13)24(21,22)19-9-6-16-14(12-19)7-10-23-16/h3-5,7,10-11H,2,6,8-9,12H2,1H3,(H,18,20). The third-order valence-electron chi connectivity index (χ3n) is 4.04. The number of hydrogen-bond donors (Lipinski definition) is 1. The first kappa shape index (κ1) is 17.1. The second-order valence-corrected chi connectivity index (χ2v) is 8.68. The SMILES string of the molecule is CCCNC(=O)c1cccc(S(=O)(=O)N2CCc3sccc3C2)c1. The topological polar surface area (TPSA) is 66.5 Å². The van der Waals surface area contributed by atoms with Crippen molar-refractivity contribution in [2.75, 3.05) is 13.1 Å². The quantitative estimate of drug-likeness (QED) is 0.887. The van der Waals surface area contributed by atoms with Gasteiger partial charge in [-0.2, -0.15) is 4.31 Å². The highest BCUT2D eigenvalue weighted by atomic mass is 32.2. The zero-order valence-electron chi connectivity index (χ0n) is 13.5. The third kappa shape index (κ3) is 3.38. The fraction of sp³-hybridized carbons (Fsp3) is 0.353. The Morgan fingerprint density at radius 1 is 1.33 bits per heavy atom. The molecule has 0 aliphatic carbocycles. The van der Waals surface area contributed by atoms with Gasteiger partial charge in [0.15, 0.2) is 0 Å². The van der Waals surface area contributed by atoms with E-state index in [-0.39, 0.29) is 10.8 Å². The Bertz CT molecular complexity index is 843. The summed E-state index contributed by atoms with van der Waals surface area (Å²) >= 11 is 1.67. The van der Waals surface area contributed by atoms with Crippen LogP contribution in [0.2, 0.25) is 0 Å². The Morgan fingerprint density at radius 2 is 2.17 bits per heavy atom. The number of nitrogens with zero attached hydrogens (tertiary/aromatic N) is 1. The second kappa shape index (κ2) is 7.04. The summed E-state index contributed by atoms with van der Waals surface area (Å²) in [5, 5.41) is 4.77. The lowest BCUT2D eigenvalue weighted by Gasteiger charge is -2.26. The minimum atomic E-state index is -3.60. The molecule has 0 unspecified atom stereocenters. The summed E-state index contributed by atoms with van der Waals surface area (Å²) < 4.78 is 27.3. The van der Waals surface area contributed by atoms with Crippen LogP contribution in [0.15, 0.2) is 40.6 Å². The number of benzene rings is 1. The van der Waals surface area contributed by atoms with E-state index in [9.17, 15) is 13.2 Å². The number of hydrogen-bond acceptors (Lipinski definition) is 4. The predicted octanol–water partition coefficient (Wildman–Crippen LogP) is 2.63. The van der Waals surface area contributed by atoms with Crippen molar-refractivity contribution in [3.05, 3.63) is 51.7 Å². The number of amides is 1. The van der Waals surface area contributed by atoms with E-state index in [0.717, 1.165) is 18.4 Å². The van der Waals surface area contributed by atoms with E-state index >= 15 is 0 Å². The molecular weight excluding hydrogens is 344 g/mol. The van der Waals surface area contributed by atoms with Gasteiger partial charge in [0.2, 0.25) is 10.0 Å². The van der Waals surface area contributed by atoms with Crippen molar-refractivity contribution in [2.24, 2.45) is 0 Å². The second-order valence-electron chi connectivity index (χ2n) is 5.74. The molecule has 1 amide bonds. The normalized spacial score (nSPS) is 15.0. The molecule has 1 aromatic carbocycles.